The Bertz CT molecular complexity index is 513. The Morgan fingerprint density at radius 3 is 2.84 bits per heavy atom. The van der Waals surface area contributed by atoms with Gasteiger partial charge in [-0.3, -0.25) is 0 Å². The molecule has 0 aliphatic carbocycles. The van der Waals surface area contributed by atoms with E-state index in [0.717, 1.165) is 28.9 Å². The van der Waals surface area contributed by atoms with E-state index >= 15 is 0 Å². The van der Waals surface area contributed by atoms with Crippen LogP contribution in [0.25, 0.3) is 0 Å². The molecule has 0 spiro atoms. The SMILES string of the molecule is CCNC(CCc1cccs1)c1cccc(Br)c1Cl. The normalized spacial score (nSPS) is 12.6. The lowest BCUT2D eigenvalue weighted by Crippen LogP contribution is -2.21. The first kappa shape index (κ1) is 15.0. The topological polar surface area (TPSA) is 12.0 Å². The zero-order chi connectivity index (χ0) is 13.7. The van der Waals surface area contributed by atoms with Crippen LogP contribution < -0.4 is 5.32 Å². The van der Waals surface area contributed by atoms with Gasteiger partial charge in [-0.25, -0.2) is 0 Å². The maximum absolute atomic E-state index is 6.40. The number of halogens is 2. The van der Waals surface area contributed by atoms with E-state index in [2.05, 4.69) is 51.7 Å². The van der Waals surface area contributed by atoms with E-state index in [-0.39, 0.29) is 0 Å². The molecule has 0 bridgehead atoms. The molecule has 0 aliphatic rings. The molecular weight excluding hydrogens is 342 g/mol. The average Bonchev–Trinajstić information content (AvgIpc) is 2.91. The van der Waals surface area contributed by atoms with E-state index in [1.807, 2.05) is 23.5 Å². The fraction of sp³-hybridized carbons (Fsp3) is 0.333. The number of aryl methyl sites for hydroxylation is 1. The molecule has 1 unspecified atom stereocenters. The summed E-state index contributed by atoms with van der Waals surface area (Å²) in [5.41, 5.74) is 1.18. The zero-order valence-electron chi connectivity index (χ0n) is 10.8. The lowest BCUT2D eigenvalue weighted by atomic mass is 10.0. The number of nitrogens with one attached hydrogen (secondary N) is 1. The van der Waals surface area contributed by atoms with Crippen LogP contribution in [0.2, 0.25) is 5.02 Å². The maximum Gasteiger partial charge on any atom is 0.0595 e. The van der Waals surface area contributed by atoms with Gasteiger partial charge in [-0.15, -0.1) is 11.3 Å². The Balaban J connectivity index is 2.12. The molecule has 2 rings (SSSR count). The van der Waals surface area contributed by atoms with Crippen LogP contribution >= 0.6 is 38.9 Å². The summed E-state index contributed by atoms with van der Waals surface area (Å²) in [5.74, 6) is 0. The molecule has 0 saturated carbocycles. The van der Waals surface area contributed by atoms with Crippen LogP contribution in [0.1, 0.15) is 29.8 Å². The molecular formula is C15H17BrClNS. The molecule has 0 amide bonds. The summed E-state index contributed by atoms with van der Waals surface area (Å²) in [4.78, 5) is 1.43. The predicted octanol–water partition coefficient (Wildman–Crippen LogP) is 5.45. The van der Waals surface area contributed by atoms with Gasteiger partial charge in [0.1, 0.15) is 0 Å². The van der Waals surface area contributed by atoms with E-state index in [0.29, 0.717) is 6.04 Å². The summed E-state index contributed by atoms with van der Waals surface area (Å²) in [5, 5.41) is 6.48. The van der Waals surface area contributed by atoms with Crippen LogP contribution in [0, 0.1) is 0 Å². The Hall–Kier alpha value is -0.350. The van der Waals surface area contributed by atoms with Crippen molar-refractivity contribution in [2.75, 3.05) is 6.54 Å². The molecule has 19 heavy (non-hydrogen) atoms. The van der Waals surface area contributed by atoms with Crippen LogP contribution in [0.15, 0.2) is 40.2 Å². The van der Waals surface area contributed by atoms with Crippen LogP contribution in [0.5, 0.6) is 0 Å². The molecule has 1 aromatic heterocycles. The van der Waals surface area contributed by atoms with E-state index in [9.17, 15) is 0 Å². The molecule has 0 aliphatic heterocycles. The van der Waals surface area contributed by atoms with Gasteiger partial charge in [-0.2, -0.15) is 0 Å². The van der Waals surface area contributed by atoms with Crippen molar-refractivity contribution in [3.63, 3.8) is 0 Å². The largest absolute Gasteiger partial charge is 0.310 e. The van der Waals surface area contributed by atoms with Crippen molar-refractivity contribution in [1.29, 1.82) is 0 Å². The van der Waals surface area contributed by atoms with Crippen molar-refractivity contribution in [3.05, 3.63) is 55.6 Å². The molecule has 1 nitrogen and oxygen atoms in total. The predicted molar refractivity (Wildman–Crippen MR) is 88.2 cm³/mol. The third-order valence-corrected chi connectivity index (χ3v) is 5.31. The van der Waals surface area contributed by atoms with Crippen molar-refractivity contribution in [1.82, 2.24) is 5.32 Å². The van der Waals surface area contributed by atoms with Crippen LogP contribution in [-0.4, -0.2) is 6.54 Å². The van der Waals surface area contributed by atoms with Gasteiger partial charge in [0.05, 0.1) is 5.02 Å². The van der Waals surface area contributed by atoms with Gasteiger partial charge in [0.25, 0.3) is 0 Å². The monoisotopic (exact) mass is 357 g/mol. The smallest absolute Gasteiger partial charge is 0.0595 e. The average molecular weight is 359 g/mol. The first-order valence-corrected chi connectivity index (χ1v) is 8.47. The van der Waals surface area contributed by atoms with Gasteiger partial charge in [-0.1, -0.05) is 36.7 Å². The van der Waals surface area contributed by atoms with Crippen LogP contribution in [0.3, 0.4) is 0 Å². The first-order valence-electron chi connectivity index (χ1n) is 6.42. The lowest BCUT2D eigenvalue weighted by Gasteiger charge is -2.20. The van der Waals surface area contributed by atoms with Gasteiger partial charge < -0.3 is 5.32 Å². The highest BCUT2D eigenvalue weighted by Gasteiger charge is 2.15. The Morgan fingerprint density at radius 1 is 1.32 bits per heavy atom. The molecule has 102 valence electrons. The summed E-state index contributed by atoms with van der Waals surface area (Å²) < 4.78 is 0.964. The van der Waals surface area contributed by atoms with Crippen LogP contribution in [0.4, 0.5) is 0 Å². The van der Waals surface area contributed by atoms with Gasteiger partial charge in [0, 0.05) is 15.4 Å². The highest BCUT2D eigenvalue weighted by Crippen LogP contribution is 2.32. The standard InChI is InChI=1S/C15H17BrClNS/c1-2-18-14(9-8-11-5-4-10-19-11)12-6-3-7-13(16)15(12)17/h3-7,10,14,18H,2,8-9H2,1H3. The number of hydrogen-bond acceptors (Lipinski definition) is 2. The van der Waals surface area contributed by atoms with Crippen molar-refractivity contribution in [2.24, 2.45) is 0 Å². The summed E-state index contributed by atoms with van der Waals surface area (Å²) >= 11 is 11.7. The summed E-state index contributed by atoms with van der Waals surface area (Å²) in [6.07, 6.45) is 2.14. The van der Waals surface area contributed by atoms with Gasteiger partial charge in [-0.05, 0) is 58.4 Å². The number of benzene rings is 1. The number of thiophene rings is 1. The van der Waals surface area contributed by atoms with Crippen molar-refractivity contribution < 1.29 is 0 Å². The second-order valence-corrected chi connectivity index (χ2v) is 6.64. The lowest BCUT2D eigenvalue weighted by molar-refractivity contribution is 0.517. The molecule has 1 aromatic carbocycles. The fourth-order valence-corrected chi connectivity index (χ4v) is 3.51. The molecule has 0 saturated heterocycles. The van der Waals surface area contributed by atoms with Gasteiger partial charge >= 0.3 is 0 Å². The minimum Gasteiger partial charge on any atom is -0.310 e. The molecule has 1 atom stereocenters. The van der Waals surface area contributed by atoms with Crippen molar-refractivity contribution in [3.8, 4) is 0 Å². The minimum atomic E-state index is 0.303. The second-order valence-electron chi connectivity index (χ2n) is 4.37. The number of hydrogen-bond donors (Lipinski definition) is 1. The van der Waals surface area contributed by atoms with E-state index in [1.165, 1.54) is 10.4 Å². The summed E-state index contributed by atoms with van der Waals surface area (Å²) in [6, 6.07) is 10.7. The highest BCUT2D eigenvalue weighted by atomic mass is 79.9. The van der Waals surface area contributed by atoms with Gasteiger partial charge in [0.2, 0.25) is 0 Å². The molecule has 1 heterocycles. The Kier molecular flexibility index (Phi) is 5.89. The number of rotatable bonds is 6. The molecule has 4 heteroatoms. The molecule has 0 fully saturated rings. The van der Waals surface area contributed by atoms with Gasteiger partial charge in [0.15, 0.2) is 0 Å². The Morgan fingerprint density at radius 2 is 2.16 bits per heavy atom. The van der Waals surface area contributed by atoms with E-state index in [4.69, 9.17) is 11.6 Å². The highest BCUT2D eigenvalue weighted by molar-refractivity contribution is 9.10. The second kappa shape index (κ2) is 7.44. The maximum atomic E-state index is 6.40. The quantitative estimate of drug-likeness (QED) is 0.724. The first-order chi connectivity index (χ1) is 9.22. The summed E-state index contributed by atoms with van der Waals surface area (Å²) in [6.45, 7) is 3.07. The molecule has 2 aromatic rings. The zero-order valence-corrected chi connectivity index (χ0v) is 14.0. The fourth-order valence-electron chi connectivity index (χ4n) is 2.14. The van der Waals surface area contributed by atoms with Crippen molar-refractivity contribution >= 4 is 38.9 Å². The third kappa shape index (κ3) is 4.06. The molecule has 0 radical (unpaired) electrons. The van der Waals surface area contributed by atoms with E-state index in [1.54, 1.807) is 0 Å². The summed E-state index contributed by atoms with van der Waals surface area (Å²) in [7, 11) is 0. The van der Waals surface area contributed by atoms with Crippen molar-refractivity contribution in [2.45, 2.75) is 25.8 Å². The van der Waals surface area contributed by atoms with E-state index < -0.39 is 0 Å². The third-order valence-electron chi connectivity index (χ3n) is 3.07. The minimum absolute atomic E-state index is 0.303. The molecule has 1 N–H and O–H groups in total. The Labute approximate surface area is 132 Å². The van der Waals surface area contributed by atoms with Crippen LogP contribution in [-0.2, 0) is 6.42 Å².